The Morgan fingerprint density at radius 3 is 1.90 bits per heavy atom. The molecule has 1 aliphatic heterocycles. The molecule has 29 heavy (non-hydrogen) atoms. The van der Waals surface area contributed by atoms with Crippen molar-refractivity contribution in [3.8, 4) is 0 Å². The van der Waals surface area contributed by atoms with Crippen LogP contribution in [0, 0.1) is 0 Å². The molecule has 1 amide bonds. The van der Waals surface area contributed by atoms with Crippen molar-refractivity contribution in [2.45, 2.75) is 12.5 Å². The minimum atomic E-state index is 0.126. The highest BCUT2D eigenvalue weighted by Gasteiger charge is 2.23. The quantitative estimate of drug-likeness (QED) is 0.693. The van der Waals surface area contributed by atoms with Crippen molar-refractivity contribution in [3.63, 3.8) is 0 Å². The number of nitrogens with two attached hydrogens (primary N) is 1. The van der Waals surface area contributed by atoms with Crippen LogP contribution in [0.4, 0.5) is 0 Å². The fraction of sp³-hybridized carbons (Fsp3) is 0.192. The van der Waals surface area contributed by atoms with Gasteiger partial charge in [-0.25, -0.2) is 0 Å². The third kappa shape index (κ3) is 4.82. The lowest BCUT2D eigenvalue weighted by Gasteiger charge is -2.27. The average Bonchev–Trinajstić information content (AvgIpc) is 2.81. The highest BCUT2D eigenvalue weighted by atomic mass is 16.2. The van der Waals surface area contributed by atoms with Crippen molar-refractivity contribution >= 4 is 11.5 Å². The standard InChI is InChI=1S/C26H26N2O/c29-25(28-18-16-22(17-19-28)21-10-4-1-5-11-21)20-27-26(23-12-6-2-7-13-23)24-14-8-3-9-15-24/h1-16,26-27H,17-20H2/p+1. The molecular weight excluding hydrogens is 356 g/mol. The summed E-state index contributed by atoms with van der Waals surface area (Å²) in [5, 5.41) is 2.16. The fourth-order valence-corrected chi connectivity index (χ4v) is 3.94. The molecule has 2 N–H and O–H groups in total. The van der Waals surface area contributed by atoms with E-state index >= 15 is 0 Å². The van der Waals surface area contributed by atoms with E-state index in [1.54, 1.807) is 0 Å². The molecule has 0 saturated heterocycles. The van der Waals surface area contributed by atoms with Gasteiger partial charge in [0, 0.05) is 24.2 Å². The molecule has 0 spiro atoms. The number of hydrogen-bond donors (Lipinski definition) is 1. The second-order valence-electron chi connectivity index (χ2n) is 7.42. The van der Waals surface area contributed by atoms with E-state index in [4.69, 9.17) is 0 Å². The van der Waals surface area contributed by atoms with Gasteiger partial charge in [0.15, 0.2) is 6.54 Å². The molecule has 0 aliphatic carbocycles. The number of quaternary nitrogens is 1. The molecular formula is C26H27N2O+. The molecule has 0 aromatic heterocycles. The van der Waals surface area contributed by atoms with E-state index < -0.39 is 0 Å². The Labute approximate surface area is 172 Å². The number of carbonyl (C=O) groups excluding carboxylic acids is 1. The Balaban J connectivity index is 1.41. The zero-order valence-corrected chi connectivity index (χ0v) is 16.6. The number of nitrogens with zero attached hydrogens (tertiary/aromatic N) is 1. The first kappa shape index (κ1) is 19.2. The molecule has 0 atom stereocenters. The summed E-state index contributed by atoms with van der Waals surface area (Å²) in [5.41, 5.74) is 5.04. The summed E-state index contributed by atoms with van der Waals surface area (Å²) in [6.45, 7) is 1.93. The van der Waals surface area contributed by atoms with Gasteiger partial charge in [0.2, 0.25) is 0 Å². The lowest BCUT2D eigenvalue weighted by Crippen LogP contribution is -2.87. The summed E-state index contributed by atoms with van der Waals surface area (Å²) in [5.74, 6) is 0.199. The first-order valence-corrected chi connectivity index (χ1v) is 10.3. The molecule has 0 radical (unpaired) electrons. The van der Waals surface area contributed by atoms with Gasteiger partial charge in [0.1, 0.15) is 6.04 Å². The zero-order chi connectivity index (χ0) is 19.9. The number of rotatable bonds is 6. The van der Waals surface area contributed by atoms with Gasteiger partial charge in [-0.05, 0) is 17.6 Å². The number of amides is 1. The van der Waals surface area contributed by atoms with E-state index in [2.05, 4.69) is 84.2 Å². The van der Waals surface area contributed by atoms with Crippen LogP contribution in [0.3, 0.4) is 0 Å². The van der Waals surface area contributed by atoms with Crippen molar-refractivity contribution in [2.75, 3.05) is 19.6 Å². The van der Waals surface area contributed by atoms with E-state index in [1.807, 2.05) is 23.1 Å². The summed E-state index contributed by atoms with van der Waals surface area (Å²) < 4.78 is 0. The number of benzene rings is 3. The van der Waals surface area contributed by atoms with E-state index in [0.29, 0.717) is 13.1 Å². The van der Waals surface area contributed by atoms with Gasteiger partial charge in [0.05, 0.1) is 0 Å². The third-order valence-electron chi connectivity index (χ3n) is 5.55. The Bertz CT molecular complexity index is 912. The molecule has 0 fully saturated rings. The maximum Gasteiger partial charge on any atom is 0.278 e. The maximum absolute atomic E-state index is 12.9. The topological polar surface area (TPSA) is 36.9 Å². The van der Waals surface area contributed by atoms with Gasteiger partial charge in [-0.1, -0.05) is 97.1 Å². The van der Waals surface area contributed by atoms with Gasteiger partial charge < -0.3 is 10.2 Å². The second kappa shape index (κ2) is 9.35. The van der Waals surface area contributed by atoms with Crippen LogP contribution in [0.1, 0.15) is 29.2 Å². The molecule has 0 unspecified atom stereocenters. The van der Waals surface area contributed by atoms with Gasteiger partial charge in [0.25, 0.3) is 5.91 Å². The van der Waals surface area contributed by atoms with Gasteiger partial charge in [-0.3, -0.25) is 4.79 Å². The lowest BCUT2D eigenvalue weighted by molar-refractivity contribution is -0.677. The SMILES string of the molecule is O=C(C[NH2+]C(c1ccccc1)c1ccccc1)N1CC=C(c2ccccc2)CC1. The Kier molecular flexibility index (Phi) is 6.18. The van der Waals surface area contributed by atoms with Crippen molar-refractivity contribution < 1.29 is 10.1 Å². The molecule has 3 aromatic carbocycles. The minimum absolute atomic E-state index is 0.126. The summed E-state index contributed by atoms with van der Waals surface area (Å²) in [4.78, 5) is 14.8. The molecule has 146 valence electrons. The molecule has 1 heterocycles. The van der Waals surface area contributed by atoms with Crippen LogP contribution < -0.4 is 5.32 Å². The highest BCUT2D eigenvalue weighted by Crippen LogP contribution is 2.22. The molecule has 0 bridgehead atoms. The molecule has 4 rings (SSSR count). The van der Waals surface area contributed by atoms with E-state index in [-0.39, 0.29) is 11.9 Å². The number of carbonyl (C=O) groups is 1. The molecule has 3 nitrogen and oxygen atoms in total. The van der Waals surface area contributed by atoms with Gasteiger partial charge >= 0.3 is 0 Å². The lowest BCUT2D eigenvalue weighted by atomic mass is 9.98. The second-order valence-corrected chi connectivity index (χ2v) is 7.42. The third-order valence-corrected chi connectivity index (χ3v) is 5.55. The average molecular weight is 384 g/mol. The number of hydrogen-bond acceptors (Lipinski definition) is 1. The van der Waals surface area contributed by atoms with Gasteiger partial charge in [-0.2, -0.15) is 0 Å². The maximum atomic E-state index is 12.9. The highest BCUT2D eigenvalue weighted by molar-refractivity contribution is 5.79. The summed E-state index contributed by atoms with van der Waals surface area (Å²) in [7, 11) is 0. The van der Waals surface area contributed by atoms with Crippen molar-refractivity contribution in [3.05, 3.63) is 114 Å². The van der Waals surface area contributed by atoms with E-state index in [1.165, 1.54) is 22.3 Å². The summed E-state index contributed by atoms with van der Waals surface area (Å²) >= 11 is 0. The van der Waals surface area contributed by atoms with Crippen LogP contribution in [-0.4, -0.2) is 30.4 Å². The van der Waals surface area contributed by atoms with Crippen LogP contribution in [-0.2, 0) is 4.79 Å². The Morgan fingerprint density at radius 1 is 0.828 bits per heavy atom. The largest absolute Gasteiger partial charge is 0.334 e. The Hall–Kier alpha value is -3.17. The van der Waals surface area contributed by atoms with Crippen LogP contribution in [0.5, 0.6) is 0 Å². The molecule has 3 aromatic rings. The first-order chi connectivity index (χ1) is 14.3. The van der Waals surface area contributed by atoms with Crippen molar-refractivity contribution in [1.29, 1.82) is 0 Å². The predicted octanol–water partition coefficient (Wildman–Crippen LogP) is 3.66. The molecule has 0 saturated carbocycles. The van der Waals surface area contributed by atoms with Crippen molar-refractivity contribution in [1.82, 2.24) is 4.90 Å². The minimum Gasteiger partial charge on any atom is -0.334 e. The van der Waals surface area contributed by atoms with Crippen LogP contribution in [0.25, 0.3) is 5.57 Å². The summed E-state index contributed by atoms with van der Waals surface area (Å²) in [6, 6.07) is 31.4. The van der Waals surface area contributed by atoms with Crippen molar-refractivity contribution in [2.24, 2.45) is 0 Å². The molecule has 1 aliphatic rings. The van der Waals surface area contributed by atoms with Crippen LogP contribution >= 0.6 is 0 Å². The normalized spacial score (nSPS) is 14.0. The van der Waals surface area contributed by atoms with Crippen LogP contribution in [0.15, 0.2) is 97.1 Å². The molecule has 3 heteroatoms. The monoisotopic (exact) mass is 383 g/mol. The Morgan fingerprint density at radius 2 is 1.38 bits per heavy atom. The van der Waals surface area contributed by atoms with Crippen LogP contribution in [0.2, 0.25) is 0 Å². The van der Waals surface area contributed by atoms with E-state index in [0.717, 1.165) is 13.0 Å². The van der Waals surface area contributed by atoms with E-state index in [9.17, 15) is 4.79 Å². The predicted molar refractivity (Wildman–Crippen MR) is 117 cm³/mol. The zero-order valence-electron chi connectivity index (χ0n) is 16.6. The van der Waals surface area contributed by atoms with Gasteiger partial charge in [-0.15, -0.1) is 0 Å². The smallest absolute Gasteiger partial charge is 0.278 e. The summed E-state index contributed by atoms with van der Waals surface area (Å²) in [6.07, 6.45) is 3.11. The fourth-order valence-electron chi connectivity index (χ4n) is 3.94. The first-order valence-electron chi connectivity index (χ1n) is 10.3.